The summed E-state index contributed by atoms with van der Waals surface area (Å²) in [6.45, 7) is 0.336. The molecule has 0 aromatic rings. The van der Waals surface area contributed by atoms with Crippen molar-refractivity contribution in [2.45, 2.75) is 11.7 Å². The number of hydrogen-bond donors (Lipinski definition) is 3. The maximum Gasteiger partial charge on any atom is 0.163 e. The third-order valence-electron chi connectivity index (χ3n) is 1.09. The van der Waals surface area contributed by atoms with E-state index in [2.05, 4.69) is 0 Å². The minimum absolute atomic E-state index is 0.493. The normalized spacial score (nSPS) is 15.6. The zero-order valence-corrected chi connectivity index (χ0v) is 5.89. The SMILES string of the molecule is CC(CO)(CO)S(=O)O. The van der Waals surface area contributed by atoms with Crippen molar-refractivity contribution in [3.05, 3.63) is 0 Å². The maximum atomic E-state index is 10.3. The molecular formula is C4H10O4S. The van der Waals surface area contributed by atoms with Gasteiger partial charge in [-0.05, 0) is 6.92 Å². The molecule has 1 atom stereocenters. The molecule has 0 saturated carbocycles. The van der Waals surface area contributed by atoms with Crippen molar-refractivity contribution in [2.75, 3.05) is 13.2 Å². The van der Waals surface area contributed by atoms with Crippen molar-refractivity contribution in [1.29, 1.82) is 0 Å². The van der Waals surface area contributed by atoms with Gasteiger partial charge >= 0.3 is 0 Å². The lowest BCUT2D eigenvalue weighted by Crippen LogP contribution is -2.38. The molecule has 0 aromatic heterocycles. The number of aliphatic hydroxyl groups excluding tert-OH is 2. The molecule has 0 spiro atoms. The first-order valence-corrected chi connectivity index (χ1v) is 3.50. The Morgan fingerprint density at radius 2 is 1.78 bits per heavy atom. The summed E-state index contributed by atoms with van der Waals surface area (Å²) in [5.74, 6) is 0. The van der Waals surface area contributed by atoms with Gasteiger partial charge in [0.05, 0.1) is 13.2 Å². The quantitative estimate of drug-likeness (QED) is 0.453. The van der Waals surface area contributed by atoms with Crippen molar-refractivity contribution in [3.63, 3.8) is 0 Å². The van der Waals surface area contributed by atoms with Crippen LogP contribution in [0.4, 0.5) is 0 Å². The van der Waals surface area contributed by atoms with Gasteiger partial charge < -0.3 is 14.8 Å². The van der Waals surface area contributed by atoms with Crippen LogP contribution >= 0.6 is 0 Å². The molecular weight excluding hydrogens is 144 g/mol. The van der Waals surface area contributed by atoms with Gasteiger partial charge in [0.2, 0.25) is 0 Å². The monoisotopic (exact) mass is 154 g/mol. The van der Waals surface area contributed by atoms with Gasteiger partial charge in [-0.25, -0.2) is 4.21 Å². The van der Waals surface area contributed by atoms with E-state index in [-0.39, 0.29) is 0 Å². The van der Waals surface area contributed by atoms with E-state index < -0.39 is 29.0 Å². The van der Waals surface area contributed by atoms with Gasteiger partial charge in [-0.3, -0.25) is 0 Å². The molecule has 4 nitrogen and oxygen atoms in total. The van der Waals surface area contributed by atoms with Gasteiger partial charge in [0.15, 0.2) is 11.1 Å². The van der Waals surface area contributed by atoms with Crippen LogP contribution in [0.3, 0.4) is 0 Å². The van der Waals surface area contributed by atoms with Crippen LogP contribution in [0.5, 0.6) is 0 Å². The summed E-state index contributed by atoms with van der Waals surface area (Å²) in [6, 6.07) is 0. The fourth-order valence-electron chi connectivity index (χ4n) is 0.160. The molecule has 0 amide bonds. The highest BCUT2D eigenvalue weighted by Crippen LogP contribution is 2.08. The lowest BCUT2D eigenvalue weighted by Gasteiger charge is -2.18. The van der Waals surface area contributed by atoms with E-state index in [1.165, 1.54) is 6.92 Å². The molecule has 0 saturated heterocycles. The van der Waals surface area contributed by atoms with E-state index in [0.29, 0.717) is 0 Å². The summed E-state index contributed by atoms with van der Waals surface area (Å²) in [5.41, 5.74) is 0. The average molecular weight is 154 g/mol. The van der Waals surface area contributed by atoms with E-state index in [1.54, 1.807) is 0 Å². The van der Waals surface area contributed by atoms with Gasteiger partial charge in [0, 0.05) is 0 Å². The average Bonchev–Trinajstić information content (AvgIpc) is 1.86. The third-order valence-corrected chi connectivity index (χ3v) is 2.19. The van der Waals surface area contributed by atoms with Crippen LogP contribution in [0.25, 0.3) is 0 Å². The molecule has 1 unspecified atom stereocenters. The maximum absolute atomic E-state index is 10.3. The highest BCUT2D eigenvalue weighted by atomic mass is 32.2. The molecule has 0 aliphatic heterocycles. The summed E-state index contributed by atoms with van der Waals surface area (Å²) in [4.78, 5) is 0. The second-order valence-electron chi connectivity index (χ2n) is 2.02. The predicted molar refractivity (Wildman–Crippen MR) is 33.3 cm³/mol. The Morgan fingerprint density at radius 3 is 1.78 bits per heavy atom. The van der Waals surface area contributed by atoms with Gasteiger partial charge in [-0.2, -0.15) is 0 Å². The van der Waals surface area contributed by atoms with Crippen LogP contribution in [0.1, 0.15) is 6.92 Å². The summed E-state index contributed by atoms with van der Waals surface area (Å²) >= 11 is -2.17. The van der Waals surface area contributed by atoms with Crippen molar-refractivity contribution in [1.82, 2.24) is 0 Å². The summed E-state index contributed by atoms with van der Waals surface area (Å²) < 4.78 is 17.4. The van der Waals surface area contributed by atoms with E-state index in [1.807, 2.05) is 0 Å². The minimum Gasteiger partial charge on any atom is -0.395 e. The largest absolute Gasteiger partial charge is 0.395 e. The Kier molecular flexibility index (Phi) is 3.27. The molecule has 5 heteroatoms. The van der Waals surface area contributed by atoms with Gasteiger partial charge in [-0.1, -0.05) is 0 Å². The van der Waals surface area contributed by atoms with Gasteiger partial charge in [0.25, 0.3) is 0 Å². The zero-order valence-electron chi connectivity index (χ0n) is 5.07. The minimum atomic E-state index is -2.17. The van der Waals surface area contributed by atoms with Crippen molar-refractivity contribution in [2.24, 2.45) is 0 Å². The van der Waals surface area contributed by atoms with Crippen LogP contribution in [-0.2, 0) is 11.1 Å². The van der Waals surface area contributed by atoms with Crippen LogP contribution < -0.4 is 0 Å². The van der Waals surface area contributed by atoms with Crippen molar-refractivity contribution >= 4 is 11.1 Å². The Hall–Kier alpha value is 0.0300. The summed E-state index contributed by atoms with van der Waals surface area (Å²) in [6.07, 6.45) is 0. The fourth-order valence-corrected chi connectivity index (χ4v) is 0.381. The number of aliphatic hydroxyl groups is 2. The smallest absolute Gasteiger partial charge is 0.163 e. The van der Waals surface area contributed by atoms with Crippen LogP contribution in [0.15, 0.2) is 0 Å². The van der Waals surface area contributed by atoms with Crippen LogP contribution in [0.2, 0.25) is 0 Å². The molecule has 0 rings (SSSR count). The Bertz CT molecular complexity index is 109. The molecule has 0 fully saturated rings. The van der Waals surface area contributed by atoms with Crippen molar-refractivity contribution < 1.29 is 19.0 Å². The Balaban J connectivity index is 4.09. The second-order valence-corrected chi connectivity index (χ2v) is 3.50. The first-order chi connectivity index (χ1) is 4.06. The molecule has 0 aromatic carbocycles. The zero-order chi connectivity index (χ0) is 7.49. The van der Waals surface area contributed by atoms with Gasteiger partial charge in [-0.15, -0.1) is 0 Å². The van der Waals surface area contributed by atoms with Gasteiger partial charge in [0.1, 0.15) is 4.75 Å². The highest BCUT2D eigenvalue weighted by molar-refractivity contribution is 7.80. The Morgan fingerprint density at radius 1 is 1.44 bits per heavy atom. The molecule has 3 N–H and O–H groups in total. The lowest BCUT2D eigenvalue weighted by molar-refractivity contribution is 0.175. The molecule has 9 heavy (non-hydrogen) atoms. The highest BCUT2D eigenvalue weighted by Gasteiger charge is 2.29. The summed E-state index contributed by atoms with van der Waals surface area (Å²) in [7, 11) is 0. The topological polar surface area (TPSA) is 77.8 Å². The first-order valence-electron chi connectivity index (χ1n) is 2.39. The molecule has 0 heterocycles. The summed E-state index contributed by atoms with van der Waals surface area (Å²) in [5, 5.41) is 16.9. The van der Waals surface area contributed by atoms with E-state index in [4.69, 9.17) is 14.8 Å². The first kappa shape index (κ1) is 9.03. The predicted octanol–water partition coefficient (Wildman–Crippen LogP) is -1.05. The standard InChI is InChI=1S/C4H10O4S/c1-4(2-5,3-6)9(7)8/h5-6H,2-3H2,1H3,(H,7,8). The van der Waals surface area contributed by atoms with Crippen LogP contribution in [0, 0.1) is 0 Å². The molecule has 0 bridgehead atoms. The molecule has 0 aliphatic carbocycles. The second kappa shape index (κ2) is 3.26. The van der Waals surface area contributed by atoms with E-state index in [9.17, 15) is 4.21 Å². The molecule has 0 aliphatic rings. The van der Waals surface area contributed by atoms with Crippen molar-refractivity contribution in [3.8, 4) is 0 Å². The molecule has 56 valence electrons. The van der Waals surface area contributed by atoms with E-state index >= 15 is 0 Å². The fraction of sp³-hybridized carbons (Fsp3) is 1.00. The number of rotatable bonds is 3. The number of hydrogen-bond acceptors (Lipinski definition) is 3. The Labute approximate surface area is 55.8 Å². The van der Waals surface area contributed by atoms with Crippen LogP contribution in [-0.4, -0.2) is 36.9 Å². The van der Waals surface area contributed by atoms with E-state index in [0.717, 1.165) is 0 Å². The third kappa shape index (κ3) is 2.02. The lowest BCUT2D eigenvalue weighted by atomic mass is 10.2. The molecule has 0 radical (unpaired) electrons.